The molecule has 0 aliphatic heterocycles. The Balaban J connectivity index is 1.55. The highest BCUT2D eigenvalue weighted by atomic mass is 16.7. The number of aryl methyl sites for hydroxylation is 1. The molecular formula is C38H34N2O6. The highest BCUT2D eigenvalue weighted by molar-refractivity contribution is 6.21. The lowest BCUT2D eigenvalue weighted by Crippen LogP contribution is -2.08. The van der Waals surface area contributed by atoms with Crippen LogP contribution in [0.4, 0.5) is 0 Å². The number of oxime groups is 1. The van der Waals surface area contributed by atoms with Crippen molar-refractivity contribution in [1.82, 2.24) is 4.57 Å². The second kappa shape index (κ2) is 12.8. The van der Waals surface area contributed by atoms with E-state index in [1.807, 2.05) is 85.8 Å². The van der Waals surface area contributed by atoms with Crippen LogP contribution in [0.2, 0.25) is 0 Å². The zero-order chi connectivity index (χ0) is 32.4. The van der Waals surface area contributed by atoms with Gasteiger partial charge in [-0.1, -0.05) is 41.6 Å². The first-order valence-electron chi connectivity index (χ1n) is 15.1. The summed E-state index contributed by atoms with van der Waals surface area (Å²) >= 11 is 0. The average Bonchev–Trinajstić information content (AvgIpc) is 3.40. The molecule has 0 saturated heterocycles. The normalized spacial score (nSPS) is 11.6. The maximum absolute atomic E-state index is 14.3. The highest BCUT2D eigenvalue weighted by Gasteiger charge is 2.22. The molecule has 0 unspecified atom stereocenters. The fourth-order valence-corrected chi connectivity index (χ4v) is 6.00. The zero-order valence-corrected chi connectivity index (χ0v) is 26.4. The van der Waals surface area contributed by atoms with E-state index in [1.165, 1.54) is 6.92 Å². The van der Waals surface area contributed by atoms with Crippen molar-refractivity contribution in [2.45, 2.75) is 27.3 Å². The molecule has 6 aromatic rings. The minimum absolute atomic E-state index is 0.115. The third-order valence-electron chi connectivity index (χ3n) is 8.06. The summed E-state index contributed by atoms with van der Waals surface area (Å²) in [5, 5.41) is 7.91. The summed E-state index contributed by atoms with van der Waals surface area (Å²) in [5.74, 6) is 1.02. The van der Waals surface area contributed by atoms with Crippen LogP contribution in [0.15, 0.2) is 96.2 Å². The standard InChI is InChI=1S/C38H34N2O6/c1-6-40-32-17-12-25(37(39-46-23(3)41)29-16-15-27(43-4)22-35(29)44-5)20-30(32)31-21-26(13-18-33(31)40)38(42)36-28-11-9-8-10-24(28)14-19-34(36)45-7-2/h8-22H,6-7H2,1-5H3/b39-37+. The van der Waals surface area contributed by atoms with Crippen molar-refractivity contribution in [3.05, 3.63) is 113 Å². The van der Waals surface area contributed by atoms with Crippen LogP contribution in [-0.4, -0.2) is 42.9 Å². The maximum Gasteiger partial charge on any atom is 0.332 e. The molecule has 8 nitrogen and oxygen atoms in total. The molecule has 0 amide bonds. The van der Waals surface area contributed by atoms with Crippen LogP contribution in [0.25, 0.3) is 32.6 Å². The SMILES string of the molecule is CCOc1ccc2ccccc2c1C(=O)c1ccc2c(c1)c1cc(/C(=N\OC(C)=O)c3ccc(OC)cc3OC)ccc1n2CC. The Bertz CT molecular complexity index is 2160. The van der Waals surface area contributed by atoms with Gasteiger partial charge in [-0.25, -0.2) is 4.79 Å². The Labute approximate surface area is 266 Å². The van der Waals surface area contributed by atoms with E-state index in [4.69, 9.17) is 19.0 Å². The van der Waals surface area contributed by atoms with Crippen molar-refractivity contribution in [3.8, 4) is 17.2 Å². The number of rotatable bonds is 10. The van der Waals surface area contributed by atoms with Crippen LogP contribution < -0.4 is 14.2 Å². The van der Waals surface area contributed by atoms with Gasteiger partial charge in [0.05, 0.1) is 26.4 Å². The van der Waals surface area contributed by atoms with Crippen molar-refractivity contribution in [2.24, 2.45) is 5.16 Å². The summed E-state index contributed by atoms with van der Waals surface area (Å²) in [5.41, 5.74) is 4.83. The van der Waals surface area contributed by atoms with Gasteiger partial charge in [0.1, 0.15) is 23.0 Å². The molecule has 0 spiro atoms. The first-order chi connectivity index (χ1) is 22.4. The molecule has 8 heteroatoms. The van der Waals surface area contributed by atoms with Gasteiger partial charge in [0.2, 0.25) is 0 Å². The molecule has 6 rings (SSSR count). The Morgan fingerprint density at radius 1 is 0.739 bits per heavy atom. The fraction of sp³-hybridized carbons (Fsp3) is 0.184. The van der Waals surface area contributed by atoms with E-state index in [0.29, 0.717) is 51.8 Å². The first kappa shape index (κ1) is 30.4. The van der Waals surface area contributed by atoms with Crippen LogP contribution in [-0.2, 0) is 16.2 Å². The molecule has 46 heavy (non-hydrogen) atoms. The molecule has 1 heterocycles. The number of hydrogen-bond acceptors (Lipinski definition) is 7. The minimum Gasteiger partial charge on any atom is -0.497 e. The smallest absolute Gasteiger partial charge is 0.332 e. The summed E-state index contributed by atoms with van der Waals surface area (Å²) in [6.45, 7) is 6.47. The number of carbonyl (C=O) groups is 2. The van der Waals surface area contributed by atoms with Crippen molar-refractivity contribution in [3.63, 3.8) is 0 Å². The van der Waals surface area contributed by atoms with Gasteiger partial charge in [-0.3, -0.25) is 4.79 Å². The minimum atomic E-state index is -0.545. The van der Waals surface area contributed by atoms with E-state index in [1.54, 1.807) is 26.4 Å². The number of carbonyl (C=O) groups excluding carboxylic acids is 2. The fourth-order valence-electron chi connectivity index (χ4n) is 6.00. The third-order valence-corrected chi connectivity index (χ3v) is 8.06. The lowest BCUT2D eigenvalue weighted by Gasteiger charge is -2.13. The molecule has 0 radical (unpaired) electrons. The number of ether oxygens (including phenoxy) is 3. The Kier molecular flexibility index (Phi) is 8.44. The van der Waals surface area contributed by atoms with Gasteiger partial charge in [0.25, 0.3) is 0 Å². The molecule has 5 aromatic carbocycles. The number of hydrogen-bond donors (Lipinski definition) is 0. The highest BCUT2D eigenvalue weighted by Crippen LogP contribution is 2.35. The van der Waals surface area contributed by atoms with E-state index < -0.39 is 5.97 Å². The number of aromatic nitrogens is 1. The molecule has 1 aromatic heterocycles. The van der Waals surface area contributed by atoms with Crippen molar-refractivity contribution in [2.75, 3.05) is 20.8 Å². The lowest BCUT2D eigenvalue weighted by atomic mass is 9.95. The Morgan fingerprint density at radius 2 is 1.46 bits per heavy atom. The molecule has 0 bridgehead atoms. The molecule has 0 fully saturated rings. The number of fused-ring (bicyclic) bond motifs is 4. The lowest BCUT2D eigenvalue weighted by molar-refractivity contribution is -0.140. The maximum atomic E-state index is 14.3. The average molecular weight is 615 g/mol. The van der Waals surface area contributed by atoms with E-state index in [0.717, 1.165) is 39.1 Å². The molecule has 0 aliphatic carbocycles. The predicted molar refractivity (Wildman–Crippen MR) is 181 cm³/mol. The predicted octanol–water partition coefficient (Wildman–Crippen LogP) is 7.93. The third kappa shape index (κ3) is 5.43. The molecule has 232 valence electrons. The van der Waals surface area contributed by atoms with Crippen molar-refractivity contribution < 1.29 is 28.6 Å². The van der Waals surface area contributed by atoms with Gasteiger partial charge in [0, 0.05) is 58.0 Å². The zero-order valence-electron chi connectivity index (χ0n) is 26.4. The van der Waals surface area contributed by atoms with Gasteiger partial charge in [-0.2, -0.15) is 0 Å². The second-order valence-electron chi connectivity index (χ2n) is 10.7. The summed E-state index contributed by atoms with van der Waals surface area (Å²) in [4.78, 5) is 31.3. The van der Waals surface area contributed by atoms with Crippen LogP contribution >= 0.6 is 0 Å². The van der Waals surface area contributed by atoms with Gasteiger partial charge in [-0.05, 0) is 73.2 Å². The number of benzene rings is 5. The number of methoxy groups -OCH3 is 2. The summed E-state index contributed by atoms with van der Waals surface area (Å²) in [6, 6.07) is 28.8. The largest absolute Gasteiger partial charge is 0.497 e. The monoisotopic (exact) mass is 614 g/mol. The molecular weight excluding hydrogens is 580 g/mol. The molecule has 0 N–H and O–H groups in total. The summed E-state index contributed by atoms with van der Waals surface area (Å²) in [6.07, 6.45) is 0. The van der Waals surface area contributed by atoms with E-state index in [-0.39, 0.29) is 5.78 Å². The first-order valence-corrected chi connectivity index (χ1v) is 15.1. The van der Waals surface area contributed by atoms with Gasteiger partial charge < -0.3 is 23.6 Å². The summed E-state index contributed by atoms with van der Waals surface area (Å²) in [7, 11) is 3.14. The van der Waals surface area contributed by atoms with Gasteiger partial charge in [0.15, 0.2) is 5.78 Å². The Morgan fingerprint density at radius 3 is 2.13 bits per heavy atom. The Hall–Kier alpha value is -5.63. The van der Waals surface area contributed by atoms with Gasteiger partial charge >= 0.3 is 5.97 Å². The summed E-state index contributed by atoms with van der Waals surface area (Å²) < 4.78 is 19.2. The molecule has 0 atom stereocenters. The quantitative estimate of drug-likeness (QED) is 0.0674. The number of ketones is 1. The van der Waals surface area contributed by atoms with Crippen LogP contribution in [0.3, 0.4) is 0 Å². The van der Waals surface area contributed by atoms with Crippen LogP contribution in [0.5, 0.6) is 17.2 Å². The van der Waals surface area contributed by atoms with Crippen LogP contribution in [0.1, 0.15) is 47.8 Å². The van der Waals surface area contributed by atoms with Gasteiger partial charge in [-0.15, -0.1) is 0 Å². The van der Waals surface area contributed by atoms with Crippen molar-refractivity contribution >= 4 is 50.0 Å². The number of nitrogens with zero attached hydrogens (tertiary/aromatic N) is 2. The molecule has 0 aliphatic rings. The van der Waals surface area contributed by atoms with E-state index in [9.17, 15) is 9.59 Å². The van der Waals surface area contributed by atoms with Crippen LogP contribution in [0, 0.1) is 0 Å². The van der Waals surface area contributed by atoms with Crippen molar-refractivity contribution in [1.29, 1.82) is 0 Å². The molecule has 0 saturated carbocycles. The van der Waals surface area contributed by atoms with E-state index >= 15 is 0 Å². The topological polar surface area (TPSA) is 88.4 Å². The van der Waals surface area contributed by atoms with E-state index in [2.05, 4.69) is 16.6 Å². The second-order valence-corrected chi connectivity index (χ2v) is 10.7.